The predicted molar refractivity (Wildman–Crippen MR) is 143 cm³/mol. The summed E-state index contributed by atoms with van der Waals surface area (Å²) in [4.78, 5) is 20.0. The van der Waals surface area contributed by atoms with Gasteiger partial charge in [0.2, 0.25) is 0 Å². The fourth-order valence-corrected chi connectivity index (χ4v) is 5.42. The van der Waals surface area contributed by atoms with Crippen molar-refractivity contribution in [2.75, 3.05) is 13.1 Å². The Labute approximate surface area is 209 Å². The van der Waals surface area contributed by atoms with Crippen LogP contribution in [0.3, 0.4) is 0 Å². The number of hydrogen-bond donors (Lipinski definition) is 2. The van der Waals surface area contributed by atoms with Crippen molar-refractivity contribution in [2.24, 2.45) is 0 Å². The van der Waals surface area contributed by atoms with Crippen LogP contribution in [0.4, 0.5) is 0 Å². The van der Waals surface area contributed by atoms with E-state index in [4.69, 9.17) is 0 Å². The summed E-state index contributed by atoms with van der Waals surface area (Å²) >= 11 is 0. The monoisotopic (exact) mass is 473 g/mol. The molecular formula is C29H27N7. The molecule has 1 aliphatic heterocycles. The van der Waals surface area contributed by atoms with Crippen LogP contribution in [0.5, 0.6) is 0 Å². The molecule has 0 amide bonds. The zero-order valence-electron chi connectivity index (χ0n) is 20.0. The number of aromatic nitrogens is 6. The highest BCUT2D eigenvalue weighted by atomic mass is 15.2. The number of pyridine rings is 3. The average Bonchev–Trinajstić information content (AvgIpc) is 3.68. The Morgan fingerprint density at radius 1 is 0.917 bits per heavy atom. The van der Waals surface area contributed by atoms with Crippen LogP contribution < -0.4 is 0 Å². The zero-order valence-corrected chi connectivity index (χ0v) is 20.0. The lowest BCUT2D eigenvalue weighted by Crippen LogP contribution is -2.29. The van der Waals surface area contributed by atoms with Crippen LogP contribution in [-0.4, -0.2) is 48.1 Å². The minimum Gasteiger partial charge on any atom is -0.353 e. The summed E-state index contributed by atoms with van der Waals surface area (Å²) in [6.07, 6.45) is 19.1. The molecule has 5 aromatic heterocycles. The Morgan fingerprint density at radius 3 is 2.72 bits per heavy atom. The number of allylic oxidation sites excluding steroid dienone is 4. The summed E-state index contributed by atoms with van der Waals surface area (Å²) < 4.78 is 0. The van der Waals surface area contributed by atoms with Crippen LogP contribution in [0.25, 0.3) is 50.0 Å². The van der Waals surface area contributed by atoms with E-state index in [1.54, 1.807) is 0 Å². The SMILES string of the molecule is C1=CC(c2nccc3[nH]c(-c4[nH]nc5ncc(-c6cncc(CN7CCCCC7)c6)cc45)cc23)=CC1. The second-order valence-electron chi connectivity index (χ2n) is 9.71. The Hall–Kier alpha value is -4.10. The summed E-state index contributed by atoms with van der Waals surface area (Å²) in [5.41, 5.74) is 9.18. The minimum atomic E-state index is 0.699. The third-order valence-corrected chi connectivity index (χ3v) is 7.25. The molecule has 7 nitrogen and oxygen atoms in total. The van der Waals surface area contributed by atoms with Gasteiger partial charge in [0.1, 0.15) is 0 Å². The standard InChI is InChI=1S/C29H27N7/c1-4-10-36(11-5-1)18-19-12-21(16-30-15-19)22-13-24-28(34-35-29(24)32-17-22)26-14-23-25(33-26)8-9-31-27(23)20-6-2-3-7-20/h2,6-9,12-17,33H,1,3-5,10-11,18H2,(H,32,34,35). The van der Waals surface area contributed by atoms with Gasteiger partial charge in [-0.1, -0.05) is 24.6 Å². The molecule has 2 N–H and O–H groups in total. The molecule has 0 atom stereocenters. The maximum Gasteiger partial charge on any atom is 0.181 e. The van der Waals surface area contributed by atoms with Gasteiger partial charge in [0.15, 0.2) is 5.65 Å². The summed E-state index contributed by atoms with van der Waals surface area (Å²) in [6.45, 7) is 3.29. The average molecular weight is 474 g/mol. The van der Waals surface area contributed by atoms with Crippen molar-refractivity contribution in [3.05, 3.63) is 78.5 Å². The number of hydrogen-bond acceptors (Lipinski definition) is 5. The van der Waals surface area contributed by atoms with Crippen LogP contribution >= 0.6 is 0 Å². The number of fused-ring (bicyclic) bond motifs is 2. The number of nitrogens with zero attached hydrogens (tertiary/aromatic N) is 5. The van der Waals surface area contributed by atoms with Gasteiger partial charge >= 0.3 is 0 Å². The first-order chi connectivity index (χ1) is 17.8. The quantitative estimate of drug-likeness (QED) is 0.332. The van der Waals surface area contributed by atoms with Crippen LogP contribution in [-0.2, 0) is 6.54 Å². The normalized spacial score (nSPS) is 16.3. The first-order valence-corrected chi connectivity index (χ1v) is 12.7. The summed E-state index contributed by atoms with van der Waals surface area (Å²) in [5.74, 6) is 0. The number of H-pyrrole nitrogens is 2. The van der Waals surface area contributed by atoms with Crippen LogP contribution in [0.15, 0.2) is 67.3 Å². The van der Waals surface area contributed by atoms with Gasteiger partial charge in [0.25, 0.3) is 0 Å². The molecule has 178 valence electrons. The number of aromatic amines is 2. The molecule has 0 bridgehead atoms. The minimum absolute atomic E-state index is 0.699. The first kappa shape index (κ1) is 21.2. The number of likely N-dealkylation sites (tertiary alicyclic amines) is 1. The van der Waals surface area contributed by atoms with Gasteiger partial charge in [-0.3, -0.25) is 20.0 Å². The zero-order chi connectivity index (χ0) is 23.9. The molecule has 0 spiro atoms. The van der Waals surface area contributed by atoms with Gasteiger partial charge < -0.3 is 4.98 Å². The second-order valence-corrected chi connectivity index (χ2v) is 9.71. The van der Waals surface area contributed by atoms with E-state index >= 15 is 0 Å². The third-order valence-electron chi connectivity index (χ3n) is 7.25. The molecule has 7 rings (SSSR count). The lowest BCUT2D eigenvalue weighted by Gasteiger charge is -2.26. The summed E-state index contributed by atoms with van der Waals surface area (Å²) in [7, 11) is 0. The molecule has 1 fully saturated rings. The Bertz CT molecular complexity index is 1630. The van der Waals surface area contributed by atoms with Crippen LogP contribution in [0.1, 0.15) is 36.9 Å². The largest absolute Gasteiger partial charge is 0.353 e. The number of rotatable bonds is 5. The van der Waals surface area contributed by atoms with Crippen molar-refractivity contribution in [1.82, 2.24) is 35.0 Å². The molecular weight excluding hydrogens is 446 g/mol. The maximum absolute atomic E-state index is 4.66. The second kappa shape index (κ2) is 8.84. The molecule has 36 heavy (non-hydrogen) atoms. The molecule has 0 radical (unpaired) electrons. The maximum atomic E-state index is 4.66. The molecule has 6 heterocycles. The van der Waals surface area contributed by atoms with Gasteiger partial charge in [0.05, 0.1) is 17.1 Å². The molecule has 0 aromatic carbocycles. The first-order valence-electron chi connectivity index (χ1n) is 12.7. The fourth-order valence-electron chi connectivity index (χ4n) is 5.42. The molecule has 0 saturated carbocycles. The van der Waals surface area contributed by atoms with E-state index < -0.39 is 0 Å². The predicted octanol–water partition coefficient (Wildman–Crippen LogP) is 5.89. The van der Waals surface area contributed by atoms with E-state index in [0.29, 0.717) is 5.65 Å². The molecule has 1 aliphatic carbocycles. The van der Waals surface area contributed by atoms with Gasteiger partial charge in [-0.25, -0.2) is 4.98 Å². The fraction of sp³-hybridized carbons (Fsp3) is 0.241. The Kier molecular flexibility index (Phi) is 5.21. The third kappa shape index (κ3) is 3.82. The summed E-state index contributed by atoms with van der Waals surface area (Å²) in [6, 6.07) is 8.58. The number of nitrogens with one attached hydrogen (secondary N) is 2. The number of piperidine rings is 1. The lowest BCUT2D eigenvalue weighted by atomic mass is 10.0. The van der Waals surface area contributed by atoms with Crippen LogP contribution in [0, 0.1) is 0 Å². The van der Waals surface area contributed by atoms with Crippen molar-refractivity contribution in [3.8, 4) is 22.5 Å². The molecule has 7 heteroatoms. The van der Waals surface area contributed by atoms with Gasteiger partial charge in [-0.05, 0) is 67.8 Å². The Morgan fingerprint density at radius 2 is 1.83 bits per heavy atom. The van der Waals surface area contributed by atoms with E-state index in [9.17, 15) is 0 Å². The van der Waals surface area contributed by atoms with Gasteiger partial charge in [-0.15, -0.1) is 0 Å². The molecule has 1 saturated heterocycles. The van der Waals surface area contributed by atoms with Crippen molar-refractivity contribution in [2.45, 2.75) is 32.2 Å². The molecule has 5 aromatic rings. The van der Waals surface area contributed by atoms with E-state index in [1.165, 1.54) is 43.5 Å². The highest BCUT2D eigenvalue weighted by molar-refractivity contribution is 5.99. The van der Waals surface area contributed by atoms with Crippen molar-refractivity contribution in [3.63, 3.8) is 0 Å². The smallest absolute Gasteiger partial charge is 0.181 e. The van der Waals surface area contributed by atoms with Crippen LogP contribution in [0.2, 0.25) is 0 Å². The van der Waals surface area contributed by atoms with Crippen molar-refractivity contribution >= 4 is 27.5 Å². The molecule has 2 aliphatic rings. The molecule has 0 unspecified atom stereocenters. The highest BCUT2D eigenvalue weighted by Gasteiger charge is 2.16. The Balaban J connectivity index is 1.25. The van der Waals surface area contributed by atoms with Crippen molar-refractivity contribution in [1.29, 1.82) is 0 Å². The van der Waals surface area contributed by atoms with Gasteiger partial charge in [-0.2, -0.15) is 5.10 Å². The van der Waals surface area contributed by atoms with Gasteiger partial charge in [0, 0.05) is 58.7 Å². The van der Waals surface area contributed by atoms with E-state index in [2.05, 4.69) is 71.5 Å². The lowest BCUT2D eigenvalue weighted by molar-refractivity contribution is 0.220. The van der Waals surface area contributed by atoms with E-state index in [1.807, 2.05) is 30.9 Å². The highest BCUT2D eigenvalue weighted by Crippen LogP contribution is 2.33. The summed E-state index contributed by atoms with van der Waals surface area (Å²) in [5, 5.41) is 9.77. The topological polar surface area (TPSA) is 86.4 Å². The van der Waals surface area contributed by atoms with Crippen molar-refractivity contribution < 1.29 is 0 Å². The van der Waals surface area contributed by atoms with E-state index in [0.717, 1.165) is 57.5 Å². The van der Waals surface area contributed by atoms with E-state index in [-0.39, 0.29) is 0 Å².